The largest absolute Gasteiger partial charge is 0.481 e. The Morgan fingerprint density at radius 3 is 2.60 bits per heavy atom. The average molecular weight is 209 g/mol. The Labute approximate surface area is 91.0 Å². The van der Waals surface area contributed by atoms with Gasteiger partial charge in [-0.1, -0.05) is 12.8 Å². The third kappa shape index (κ3) is 2.32. The van der Waals surface area contributed by atoms with Gasteiger partial charge in [-0.15, -0.1) is 12.3 Å². The normalized spacial score (nSPS) is 35.8. The van der Waals surface area contributed by atoms with Gasteiger partial charge in [0.1, 0.15) is 0 Å². The number of carboxylic acid groups (broad SMARTS) is 1. The third-order valence-corrected chi connectivity index (χ3v) is 3.74. The number of aliphatic carboxylic acids is 1. The van der Waals surface area contributed by atoms with Crippen LogP contribution in [0, 0.1) is 17.8 Å². The van der Waals surface area contributed by atoms with Gasteiger partial charge in [0.15, 0.2) is 0 Å². The Kier molecular flexibility index (Phi) is 3.41. The standard InChI is InChI=1S/C12H19NO2/c1-3-6-12(9-10(14)15)8-5-4-7-11(12,2)13/h1H,4-9,13H2,2H3,(H,14,15). The first-order valence-corrected chi connectivity index (χ1v) is 5.38. The van der Waals surface area contributed by atoms with Crippen LogP contribution < -0.4 is 5.73 Å². The van der Waals surface area contributed by atoms with Crippen molar-refractivity contribution in [1.82, 2.24) is 0 Å². The fourth-order valence-corrected chi connectivity index (χ4v) is 2.63. The van der Waals surface area contributed by atoms with E-state index in [1.807, 2.05) is 6.92 Å². The maximum atomic E-state index is 10.9. The molecule has 3 nitrogen and oxygen atoms in total. The molecule has 1 aliphatic carbocycles. The van der Waals surface area contributed by atoms with E-state index in [9.17, 15) is 4.79 Å². The number of hydrogen-bond donors (Lipinski definition) is 2. The zero-order valence-corrected chi connectivity index (χ0v) is 9.25. The summed E-state index contributed by atoms with van der Waals surface area (Å²) in [5.41, 5.74) is 5.37. The van der Waals surface area contributed by atoms with Crippen LogP contribution in [0.1, 0.15) is 45.4 Å². The summed E-state index contributed by atoms with van der Waals surface area (Å²) in [4.78, 5) is 10.9. The van der Waals surface area contributed by atoms with E-state index in [2.05, 4.69) is 5.92 Å². The highest BCUT2D eigenvalue weighted by Crippen LogP contribution is 2.47. The highest BCUT2D eigenvalue weighted by Gasteiger charge is 2.47. The fourth-order valence-electron chi connectivity index (χ4n) is 2.63. The van der Waals surface area contributed by atoms with Gasteiger partial charge in [0.25, 0.3) is 0 Å². The molecule has 0 bridgehead atoms. The summed E-state index contributed by atoms with van der Waals surface area (Å²) in [6, 6.07) is 0. The smallest absolute Gasteiger partial charge is 0.304 e. The minimum Gasteiger partial charge on any atom is -0.481 e. The van der Waals surface area contributed by atoms with Gasteiger partial charge in [-0.25, -0.2) is 0 Å². The first-order valence-electron chi connectivity index (χ1n) is 5.38. The van der Waals surface area contributed by atoms with Crippen molar-refractivity contribution in [2.75, 3.05) is 0 Å². The van der Waals surface area contributed by atoms with Crippen molar-refractivity contribution < 1.29 is 9.90 Å². The Morgan fingerprint density at radius 1 is 1.53 bits per heavy atom. The number of terminal acetylenes is 1. The highest BCUT2D eigenvalue weighted by molar-refractivity contribution is 5.68. The molecular formula is C12H19NO2. The molecule has 0 amide bonds. The molecule has 2 unspecified atom stereocenters. The van der Waals surface area contributed by atoms with Crippen molar-refractivity contribution in [2.45, 2.75) is 51.0 Å². The van der Waals surface area contributed by atoms with Gasteiger partial charge in [-0.05, 0) is 19.8 Å². The van der Waals surface area contributed by atoms with Gasteiger partial charge in [-0.2, -0.15) is 0 Å². The Balaban J connectivity index is 2.96. The molecule has 0 aromatic rings. The van der Waals surface area contributed by atoms with E-state index in [0.717, 1.165) is 25.7 Å². The maximum Gasteiger partial charge on any atom is 0.304 e. The predicted octanol–water partition coefficient (Wildman–Crippen LogP) is 1.76. The van der Waals surface area contributed by atoms with E-state index in [1.54, 1.807) is 0 Å². The highest BCUT2D eigenvalue weighted by atomic mass is 16.4. The summed E-state index contributed by atoms with van der Waals surface area (Å²) in [5, 5.41) is 8.97. The van der Waals surface area contributed by atoms with Crippen LogP contribution in [0.2, 0.25) is 0 Å². The van der Waals surface area contributed by atoms with Crippen LogP contribution in [0.25, 0.3) is 0 Å². The minimum atomic E-state index is -0.802. The maximum absolute atomic E-state index is 10.9. The van der Waals surface area contributed by atoms with Crippen LogP contribution in [-0.4, -0.2) is 16.6 Å². The second-order valence-electron chi connectivity index (χ2n) is 4.86. The second-order valence-corrected chi connectivity index (χ2v) is 4.86. The van der Waals surface area contributed by atoms with Crippen LogP contribution in [0.3, 0.4) is 0 Å². The van der Waals surface area contributed by atoms with Crippen molar-refractivity contribution in [3.8, 4) is 12.3 Å². The molecule has 0 spiro atoms. The molecule has 3 heteroatoms. The van der Waals surface area contributed by atoms with Gasteiger partial charge < -0.3 is 10.8 Å². The molecule has 2 atom stereocenters. The van der Waals surface area contributed by atoms with Crippen molar-refractivity contribution in [3.05, 3.63) is 0 Å². The minimum absolute atomic E-state index is 0.0875. The molecule has 0 heterocycles. The second kappa shape index (κ2) is 4.24. The molecule has 0 aliphatic heterocycles. The lowest BCUT2D eigenvalue weighted by Crippen LogP contribution is -2.55. The monoisotopic (exact) mass is 209 g/mol. The van der Waals surface area contributed by atoms with Gasteiger partial charge in [0, 0.05) is 17.4 Å². The molecule has 1 aliphatic rings. The lowest BCUT2D eigenvalue weighted by Gasteiger charge is -2.48. The van der Waals surface area contributed by atoms with Crippen molar-refractivity contribution in [3.63, 3.8) is 0 Å². The zero-order valence-electron chi connectivity index (χ0n) is 9.25. The predicted molar refractivity (Wildman–Crippen MR) is 59.2 cm³/mol. The number of rotatable bonds is 3. The van der Waals surface area contributed by atoms with Gasteiger partial charge >= 0.3 is 5.97 Å². The van der Waals surface area contributed by atoms with Crippen LogP contribution in [-0.2, 0) is 4.79 Å². The first-order chi connectivity index (χ1) is 6.93. The first kappa shape index (κ1) is 12.1. The number of nitrogens with two attached hydrogens (primary N) is 1. The molecule has 1 saturated carbocycles. The molecule has 1 rings (SSSR count). The molecule has 0 radical (unpaired) electrons. The number of carboxylic acids is 1. The third-order valence-electron chi connectivity index (χ3n) is 3.74. The topological polar surface area (TPSA) is 63.3 Å². The summed E-state index contributed by atoms with van der Waals surface area (Å²) >= 11 is 0. The van der Waals surface area contributed by atoms with Gasteiger partial charge in [-0.3, -0.25) is 4.79 Å². The Morgan fingerprint density at radius 2 is 2.13 bits per heavy atom. The van der Waals surface area contributed by atoms with E-state index in [1.165, 1.54) is 0 Å². The van der Waals surface area contributed by atoms with E-state index in [-0.39, 0.29) is 6.42 Å². The molecule has 84 valence electrons. The Bertz CT molecular complexity index is 290. The summed E-state index contributed by atoms with van der Waals surface area (Å²) in [6.07, 6.45) is 9.69. The van der Waals surface area contributed by atoms with E-state index >= 15 is 0 Å². The van der Waals surface area contributed by atoms with E-state index < -0.39 is 16.9 Å². The molecule has 3 N–H and O–H groups in total. The van der Waals surface area contributed by atoms with E-state index in [4.69, 9.17) is 17.3 Å². The summed E-state index contributed by atoms with van der Waals surface area (Å²) in [7, 11) is 0. The van der Waals surface area contributed by atoms with Crippen LogP contribution >= 0.6 is 0 Å². The van der Waals surface area contributed by atoms with Crippen LogP contribution in [0.15, 0.2) is 0 Å². The molecular weight excluding hydrogens is 190 g/mol. The molecule has 0 aromatic heterocycles. The summed E-state index contributed by atoms with van der Waals surface area (Å²) in [6.45, 7) is 1.94. The lowest BCUT2D eigenvalue weighted by molar-refractivity contribution is -0.141. The molecule has 0 saturated heterocycles. The van der Waals surface area contributed by atoms with E-state index in [0.29, 0.717) is 6.42 Å². The van der Waals surface area contributed by atoms with Crippen LogP contribution in [0.5, 0.6) is 0 Å². The molecule has 1 fully saturated rings. The fraction of sp³-hybridized carbons (Fsp3) is 0.750. The van der Waals surface area contributed by atoms with Crippen molar-refractivity contribution in [1.29, 1.82) is 0 Å². The summed E-state index contributed by atoms with van der Waals surface area (Å²) < 4.78 is 0. The number of carbonyl (C=O) groups is 1. The van der Waals surface area contributed by atoms with Crippen molar-refractivity contribution in [2.24, 2.45) is 11.1 Å². The Hall–Kier alpha value is -1.01. The van der Waals surface area contributed by atoms with Gasteiger partial charge in [0.05, 0.1) is 6.42 Å². The zero-order chi connectivity index (χ0) is 11.5. The number of hydrogen-bond acceptors (Lipinski definition) is 2. The van der Waals surface area contributed by atoms with Crippen LogP contribution in [0.4, 0.5) is 0 Å². The average Bonchev–Trinajstić information content (AvgIpc) is 2.09. The molecule has 0 aromatic carbocycles. The van der Waals surface area contributed by atoms with Crippen molar-refractivity contribution >= 4 is 5.97 Å². The SMILES string of the molecule is C#CCC1(CC(=O)O)CCCCC1(C)N. The lowest BCUT2D eigenvalue weighted by atomic mass is 9.59. The molecule has 15 heavy (non-hydrogen) atoms. The van der Waals surface area contributed by atoms with Gasteiger partial charge in [0.2, 0.25) is 0 Å². The quantitative estimate of drug-likeness (QED) is 0.696. The summed E-state index contributed by atoms with van der Waals surface area (Å²) in [5.74, 6) is 1.79.